The van der Waals surface area contributed by atoms with Gasteiger partial charge in [-0.2, -0.15) is 0 Å². The van der Waals surface area contributed by atoms with Crippen LogP contribution < -0.4 is 10.2 Å². The molecule has 0 unspecified atom stereocenters. The van der Waals surface area contributed by atoms with Crippen LogP contribution in [0.15, 0.2) is 30.5 Å². The largest absolute Gasteiger partial charge is 0.347 e. The maximum absolute atomic E-state index is 6.18. The van der Waals surface area contributed by atoms with Crippen LogP contribution in [0.4, 0.5) is 5.13 Å². The Kier molecular flexibility index (Phi) is 5.19. The van der Waals surface area contributed by atoms with E-state index in [4.69, 9.17) is 11.6 Å². The Hall–Kier alpha value is -1.10. The number of thiazole rings is 1. The van der Waals surface area contributed by atoms with Crippen LogP contribution in [0.25, 0.3) is 0 Å². The monoisotopic (exact) mass is 295 g/mol. The number of rotatable bonds is 6. The van der Waals surface area contributed by atoms with E-state index in [2.05, 4.69) is 22.1 Å². The van der Waals surface area contributed by atoms with E-state index in [1.165, 1.54) is 4.88 Å². The molecule has 19 heavy (non-hydrogen) atoms. The van der Waals surface area contributed by atoms with Gasteiger partial charge in [0.05, 0.1) is 0 Å². The highest BCUT2D eigenvalue weighted by Gasteiger charge is 2.09. The van der Waals surface area contributed by atoms with Crippen molar-refractivity contribution in [3.63, 3.8) is 0 Å². The standard InChI is InChI=1S/C14H18ClN3S/c1-3-16-8-12-9-17-14(19-12)18(2)10-11-6-4-5-7-13(11)15/h4-7,9,16H,3,8,10H2,1-2H3. The number of nitrogens with one attached hydrogen (secondary N) is 1. The maximum Gasteiger partial charge on any atom is 0.185 e. The minimum absolute atomic E-state index is 0.772. The van der Waals surface area contributed by atoms with E-state index in [-0.39, 0.29) is 0 Å². The summed E-state index contributed by atoms with van der Waals surface area (Å²) in [7, 11) is 2.04. The van der Waals surface area contributed by atoms with Crippen molar-refractivity contribution in [2.45, 2.75) is 20.0 Å². The van der Waals surface area contributed by atoms with Crippen molar-refractivity contribution < 1.29 is 0 Å². The van der Waals surface area contributed by atoms with Gasteiger partial charge in [0.1, 0.15) is 0 Å². The van der Waals surface area contributed by atoms with Crippen molar-refractivity contribution in [3.8, 4) is 0 Å². The number of aromatic nitrogens is 1. The van der Waals surface area contributed by atoms with Gasteiger partial charge in [-0.3, -0.25) is 0 Å². The van der Waals surface area contributed by atoms with E-state index in [0.717, 1.165) is 35.4 Å². The molecule has 102 valence electrons. The third kappa shape index (κ3) is 3.93. The second kappa shape index (κ2) is 6.89. The van der Waals surface area contributed by atoms with Crippen LogP contribution in [0.3, 0.4) is 0 Å². The van der Waals surface area contributed by atoms with Crippen LogP contribution in [-0.2, 0) is 13.1 Å². The van der Waals surface area contributed by atoms with Crippen LogP contribution in [0.5, 0.6) is 0 Å². The molecule has 1 N–H and O–H groups in total. The topological polar surface area (TPSA) is 28.2 Å². The van der Waals surface area contributed by atoms with Crippen LogP contribution in [0.2, 0.25) is 5.02 Å². The summed E-state index contributed by atoms with van der Waals surface area (Å²) >= 11 is 7.89. The summed E-state index contributed by atoms with van der Waals surface area (Å²) in [6, 6.07) is 7.92. The Labute approximate surface area is 123 Å². The van der Waals surface area contributed by atoms with Gasteiger partial charge in [0.2, 0.25) is 0 Å². The first-order valence-electron chi connectivity index (χ1n) is 6.30. The molecule has 1 aromatic carbocycles. The zero-order chi connectivity index (χ0) is 13.7. The van der Waals surface area contributed by atoms with Gasteiger partial charge in [-0.25, -0.2) is 4.98 Å². The summed E-state index contributed by atoms with van der Waals surface area (Å²) in [5, 5.41) is 5.13. The molecule has 0 saturated heterocycles. The molecule has 0 spiro atoms. The van der Waals surface area contributed by atoms with E-state index in [9.17, 15) is 0 Å². The summed E-state index contributed by atoms with van der Waals surface area (Å²) in [5.74, 6) is 0. The Morgan fingerprint density at radius 1 is 1.37 bits per heavy atom. The molecule has 0 fully saturated rings. The second-order valence-corrected chi connectivity index (χ2v) is 5.84. The van der Waals surface area contributed by atoms with E-state index in [1.54, 1.807) is 11.3 Å². The fraction of sp³-hybridized carbons (Fsp3) is 0.357. The van der Waals surface area contributed by atoms with Gasteiger partial charge < -0.3 is 10.2 Å². The number of hydrogen-bond acceptors (Lipinski definition) is 4. The molecule has 0 aliphatic carbocycles. The zero-order valence-electron chi connectivity index (χ0n) is 11.2. The first-order chi connectivity index (χ1) is 9.20. The van der Waals surface area contributed by atoms with Crippen molar-refractivity contribution in [2.75, 3.05) is 18.5 Å². The predicted octanol–water partition coefficient (Wildman–Crippen LogP) is 3.54. The highest BCUT2D eigenvalue weighted by atomic mass is 35.5. The summed E-state index contributed by atoms with van der Waals surface area (Å²) in [6.07, 6.45) is 1.94. The third-order valence-electron chi connectivity index (χ3n) is 2.78. The number of benzene rings is 1. The fourth-order valence-electron chi connectivity index (χ4n) is 1.75. The SMILES string of the molecule is CCNCc1cnc(N(C)Cc2ccccc2Cl)s1. The first kappa shape index (κ1) is 14.3. The molecule has 2 aromatic rings. The molecular formula is C14H18ClN3S. The van der Waals surface area contributed by atoms with Crippen LogP contribution in [0, 0.1) is 0 Å². The van der Waals surface area contributed by atoms with Crippen LogP contribution >= 0.6 is 22.9 Å². The van der Waals surface area contributed by atoms with E-state index in [0.29, 0.717) is 0 Å². The lowest BCUT2D eigenvalue weighted by atomic mass is 10.2. The summed E-state index contributed by atoms with van der Waals surface area (Å²) in [4.78, 5) is 7.84. The number of nitrogens with zero attached hydrogens (tertiary/aromatic N) is 2. The number of anilines is 1. The second-order valence-electron chi connectivity index (χ2n) is 4.34. The molecule has 1 heterocycles. The molecule has 0 aliphatic heterocycles. The summed E-state index contributed by atoms with van der Waals surface area (Å²) in [6.45, 7) is 4.73. The zero-order valence-corrected chi connectivity index (χ0v) is 12.8. The van der Waals surface area contributed by atoms with Crippen molar-refractivity contribution in [1.29, 1.82) is 0 Å². The third-order valence-corrected chi connectivity index (χ3v) is 4.26. The summed E-state index contributed by atoms with van der Waals surface area (Å²) in [5.41, 5.74) is 1.12. The van der Waals surface area contributed by atoms with Gasteiger partial charge in [0, 0.05) is 36.2 Å². The van der Waals surface area contributed by atoms with Crippen LogP contribution in [-0.4, -0.2) is 18.6 Å². The van der Waals surface area contributed by atoms with E-state index < -0.39 is 0 Å². The molecule has 0 amide bonds. The highest BCUT2D eigenvalue weighted by molar-refractivity contribution is 7.15. The quantitative estimate of drug-likeness (QED) is 0.883. The number of halogens is 1. The molecule has 0 saturated carbocycles. The Morgan fingerprint density at radius 2 is 2.16 bits per heavy atom. The lowest BCUT2D eigenvalue weighted by Gasteiger charge is -2.16. The smallest absolute Gasteiger partial charge is 0.185 e. The molecule has 0 bridgehead atoms. The van der Waals surface area contributed by atoms with Gasteiger partial charge in [-0.1, -0.05) is 36.7 Å². The van der Waals surface area contributed by atoms with E-state index in [1.807, 2.05) is 37.5 Å². The lowest BCUT2D eigenvalue weighted by Crippen LogP contribution is -2.16. The molecule has 0 aliphatic rings. The molecule has 3 nitrogen and oxygen atoms in total. The maximum atomic E-state index is 6.18. The Bertz CT molecular complexity index is 527. The minimum atomic E-state index is 0.772. The van der Waals surface area contributed by atoms with Crippen molar-refractivity contribution >= 4 is 28.1 Å². The molecular weight excluding hydrogens is 278 g/mol. The van der Waals surface area contributed by atoms with Gasteiger partial charge in [-0.05, 0) is 18.2 Å². The van der Waals surface area contributed by atoms with E-state index >= 15 is 0 Å². The molecule has 5 heteroatoms. The molecule has 1 aromatic heterocycles. The average molecular weight is 296 g/mol. The van der Waals surface area contributed by atoms with Gasteiger partial charge in [0.15, 0.2) is 5.13 Å². The molecule has 2 rings (SSSR count). The van der Waals surface area contributed by atoms with Crippen molar-refractivity contribution in [2.24, 2.45) is 0 Å². The highest BCUT2D eigenvalue weighted by Crippen LogP contribution is 2.24. The number of hydrogen-bond donors (Lipinski definition) is 1. The molecule has 0 atom stereocenters. The first-order valence-corrected chi connectivity index (χ1v) is 7.50. The predicted molar refractivity (Wildman–Crippen MR) is 83.1 cm³/mol. The Balaban J connectivity index is 2.01. The van der Waals surface area contributed by atoms with Crippen molar-refractivity contribution in [3.05, 3.63) is 45.9 Å². The van der Waals surface area contributed by atoms with Gasteiger partial charge in [0.25, 0.3) is 0 Å². The Morgan fingerprint density at radius 3 is 2.89 bits per heavy atom. The average Bonchev–Trinajstić information content (AvgIpc) is 2.88. The van der Waals surface area contributed by atoms with Crippen LogP contribution in [0.1, 0.15) is 17.4 Å². The normalized spacial score (nSPS) is 10.7. The van der Waals surface area contributed by atoms with Gasteiger partial charge >= 0.3 is 0 Å². The minimum Gasteiger partial charge on any atom is -0.347 e. The molecule has 0 radical (unpaired) electrons. The summed E-state index contributed by atoms with van der Waals surface area (Å²) < 4.78 is 0. The van der Waals surface area contributed by atoms with Crippen molar-refractivity contribution in [1.82, 2.24) is 10.3 Å². The lowest BCUT2D eigenvalue weighted by molar-refractivity contribution is 0.734. The fourth-order valence-corrected chi connectivity index (χ4v) is 2.79. The van der Waals surface area contributed by atoms with Gasteiger partial charge in [-0.15, -0.1) is 11.3 Å².